The van der Waals surface area contributed by atoms with Gasteiger partial charge in [-0.25, -0.2) is 9.97 Å². The van der Waals surface area contributed by atoms with Gasteiger partial charge in [-0.05, 0) is 35.7 Å². The number of rotatable bonds is 4. The zero-order valence-electron chi connectivity index (χ0n) is 11.8. The van der Waals surface area contributed by atoms with Gasteiger partial charge in [0.05, 0.1) is 5.52 Å². The Bertz CT molecular complexity index is 771. The summed E-state index contributed by atoms with van der Waals surface area (Å²) in [5, 5.41) is 5.17. The molecule has 3 nitrogen and oxygen atoms in total. The molecule has 1 aromatic heterocycles. The Balaban J connectivity index is 1.91. The number of fused-ring (bicyclic) bond motifs is 1. The van der Waals surface area contributed by atoms with E-state index in [2.05, 4.69) is 34.3 Å². The van der Waals surface area contributed by atoms with Crippen LogP contribution in [-0.2, 0) is 13.0 Å². The first-order valence-corrected chi connectivity index (χ1v) is 7.36. The minimum absolute atomic E-state index is 0.641. The molecule has 0 aliphatic rings. The Hall–Kier alpha value is -2.13. The molecule has 0 aliphatic heterocycles. The molecule has 0 bridgehead atoms. The summed E-state index contributed by atoms with van der Waals surface area (Å²) < 4.78 is 0. The first-order chi connectivity index (χ1) is 10.3. The van der Waals surface area contributed by atoms with Gasteiger partial charge in [-0.15, -0.1) is 0 Å². The van der Waals surface area contributed by atoms with E-state index in [4.69, 9.17) is 11.6 Å². The molecule has 1 N–H and O–H groups in total. The van der Waals surface area contributed by atoms with Crippen molar-refractivity contribution in [2.45, 2.75) is 19.9 Å². The van der Waals surface area contributed by atoms with Crippen molar-refractivity contribution in [3.63, 3.8) is 0 Å². The molecule has 0 spiro atoms. The highest BCUT2D eigenvalue weighted by atomic mass is 35.5. The Morgan fingerprint density at radius 2 is 1.95 bits per heavy atom. The topological polar surface area (TPSA) is 37.8 Å². The molecule has 3 aromatic rings. The summed E-state index contributed by atoms with van der Waals surface area (Å²) >= 11 is 6.18. The van der Waals surface area contributed by atoms with Gasteiger partial charge in [0.1, 0.15) is 12.1 Å². The molecular weight excluding hydrogens is 282 g/mol. The second-order valence-electron chi connectivity index (χ2n) is 4.87. The standard InChI is InChI=1S/C17H16ClN3/c1-2-12-7-8-16-14(9-12)17(21-11-20-16)19-10-13-5-3-4-6-15(13)18/h3-9,11H,2,10H2,1H3,(H,19,20,21). The lowest BCUT2D eigenvalue weighted by atomic mass is 10.1. The van der Waals surface area contributed by atoms with Crippen LogP contribution in [0.2, 0.25) is 5.02 Å². The van der Waals surface area contributed by atoms with Crippen LogP contribution in [0.15, 0.2) is 48.8 Å². The number of aromatic nitrogens is 2. The van der Waals surface area contributed by atoms with Crippen molar-refractivity contribution in [3.05, 3.63) is 64.9 Å². The highest BCUT2D eigenvalue weighted by Crippen LogP contribution is 2.22. The van der Waals surface area contributed by atoms with E-state index < -0.39 is 0 Å². The number of aryl methyl sites for hydroxylation is 1. The molecule has 0 radical (unpaired) electrons. The minimum atomic E-state index is 0.641. The molecule has 0 atom stereocenters. The molecule has 106 valence electrons. The van der Waals surface area contributed by atoms with Crippen LogP contribution in [0.25, 0.3) is 10.9 Å². The van der Waals surface area contributed by atoms with Crippen molar-refractivity contribution in [1.82, 2.24) is 9.97 Å². The molecule has 0 fully saturated rings. The summed E-state index contributed by atoms with van der Waals surface area (Å²) in [5.74, 6) is 0.843. The molecule has 21 heavy (non-hydrogen) atoms. The van der Waals surface area contributed by atoms with E-state index in [0.29, 0.717) is 6.54 Å². The van der Waals surface area contributed by atoms with Gasteiger partial charge in [0.25, 0.3) is 0 Å². The van der Waals surface area contributed by atoms with E-state index in [9.17, 15) is 0 Å². The Morgan fingerprint density at radius 1 is 1.10 bits per heavy atom. The van der Waals surface area contributed by atoms with Crippen LogP contribution in [-0.4, -0.2) is 9.97 Å². The van der Waals surface area contributed by atoms with Crippen molar-refractivity contribution in [2.75, 3.05) is 5.32 Å². The van der Waals surface area contributed by atoms with Gasteiger partial charge in [0, 0.05) is 17.0 Å². The van der Waals surface area contributed by atoms with Crippen molar-refractivity contribution in [1.29, 1.82) is 0 Å². The molecule has 0 saturated heterocycles. The molecule has 3 rings (SSSR count). The van der Waals surface area contributed by atoms with Gasteiger partial charge < -0.3 is 5.32 Å². The third-order valence-corrected chi connectivity index (χ3v) is 3.88. The lowest BCUT2D eigenvalue weighted by molar-refractivity contribution is 1.10. The summed E-state index contributed by atoms with van der Waals surface area (Å²) in [4.78, 5) is 8.67. The molecule has 0 unspecified atom stereocenters. The van der Waals surface area contributed by atoms with Gasteiger partial charge in [-0.1, -0.05) is 42.8 Å². The summed E-state index contributed by atoms with van der Waals surface area (Å²) in [6.07, 6.45) is 2.58. The van der Waals surface area contributed by atoms with Crippen LogP contribution < -0.4 is 5.32 Å². The third kappa shape index (κ3) is 2.98. The van der Waals surface area contributed by atoms with Crippen molar-refractivity contribution >= 4 is 28.3 Å². The predicted molar refractivity (Wildman–Crippen MR) is 87.7 cm³/mol. The molecule has 2 aromatic carbocycles. The summed E-state index contributed by atoms with van der Waals surface area (Å²) in [6.45, 7) is 2.78. The summed E-state index contributed by atoms with van der Waals surface area (Å²) in [5.41, 5.74) is 3.28. The fraction of sp³-hybridized carbons (Fsp3) is 0.176. The van der Waals surface area contributed by atoms with E-state index in [-0.39, 0.29) is 0 Å². The van der Waals surface area contributed by atoms with E-state index in [1.165, 1.54) is 5.56 Å². The second kappa shape index (κ2) is 6.10. The quantitative estimate of drug-likeness (QED) is 0.772. The van der Waals surface area contributed by atoms with Gasteiger partial charge in [-0.2, -0.15) is 0 Å². The predicted octanol–water partition coefficient (Wildman–Crippen LogP) is 4.46. The molecule has 0 aliphatic carbocycles. The Kier molecular flexibility index (Phi) is 4.02. The number of benzene rings is 2. The van der Waals surface area contributed by atoms with Crippen molar-refractivity contribution < 1.29 is 0 Å². The summed E-state index contributed by atoms with van der Waals surface area (Å²) in [6, 6.07) is 14.1. The number of nitrogens with one attached hydrogen (secondary N) is 1. The van der Waals surface area contributed by atoms with Gasteiger partial charge in [0.2, 0.25) is 0 Å². The van der Waals surface area contributed by atoms with E-state index in [0.717, 1.165) is 33.7 Å². The Morgan fingerprint density at radius 3 is 2.76 bits per heavy atom. The van der Waals surface area contributed by atoms with Crippen LogP contribution in [0.4, 0.5) is 5.82 Å². The highest BCUT2D eigenvalue weighted by molar-refractivity contribution is 6.31. The fourth-order valence-corrected chi connectivity index (χ4v) is 2.49. The van der Waals surface area contributed by atoms with Crippen LogP contribution in [0.3, 0.4) is 0 Å². The molecule has 1 heterocycles. The lowest BCUT2D eigenvalue weighted by Crippen LogP contribution is -2.03. The number of nitrogens with zero attached hydrogens (tertiary/aromatic N) is 2. The third-order valence-electron chi connectivity index (χ3n) is 3.51. The monoisotopic (exact) mass is 297 g/mol. The van der Waals surface area contributed by atoms with Crippen LogP contribution in [0, 0.1) is 0 Å². The maximum atomic E-state index is 6.18. The lowest BCUT2D eigenvalue weighted by Gasteiger charge is -2.10. The SMILES string of the molecule is CCc1ccc2ncnc(NCc3ccccc3Cl)c2c1. The second-order valence-corrected chi connectivity index (χ2v) is 5.28. The van der Waals surface area contributed by atoms with E-state index >= 15 is 0 Å². The number of anilines is 1. The van der Waals surface area contributed by atoms with Crippen molar-refractivity contribution in [3.8, 4) is 0 Å². The summed E-state index contributed by atoms with van der Waals surface area (Å²) in [7, 11) is 0. The van der Waals surface area contributed by atoms with Crippen LogP contribution in [0.1, 0.15) is 18.1 Å². The number of hydrogen-bond donors (Lipinski definition) is 1. The van der Waals surface area contributed by atoms with E-state index in [1.54, 1.807) is 6.33 Å². The Labute approximate surface area is 129 Å². The first-order valence-electron chi connectivity index (χ1n) is 6.99. The average Bonchev–Trinajstić information content (AvgIpc) is 2.53. The number of halogens is 1. The molecule has 0 saturated carbocycles. The van der Waals surface area contributed by atoms with Gasteiger partial charge in [0.15, 0.2) is 0 Å². The average molecular weight is 298 g/mol. The highest BCUT2D eigenvalue weighted by Gasteiger charge is 2.05. The normalized spacial score (nSPS) is 10.8. The minimum Gasteiger partial charge on any atom is -0.365 e. The van der Waals surface area contributed by atoms with Crippen molar-refractivity contribution in [2.24, 2.45) is 0 Å². The number of hydrogen-bond acceptors (Lipinski definition) is 3. The van der Waals surface area contributed by atoms with E-state index in [1.807, 2.05) is 30.3 Å². The maximum Gasteiger partial charge on any atom is 0.137 e. The van der Waals surface area contributed by atoms with Crippen LogP contribution in [0.5, 0.6) is 0 Å². The maximum absolute atomic E-state index is 6.18. The molecular formula is C17H16ClN3. The first kappa shape index (κ1) is 13.8. The zero-order valence-corrected chi connectivity index (χ0v) is 12.6. The van der Waals surface area contributed by atoms with Gasteiger partial charge >= 0.3 is 0 Å². The molecule has 4 heteroatoms. The molecule has 0 amide bonds. The zero-order chi connectivity index (χ0) is 14.7. The van der Waals surface area contributed by atoms with Crippen LogP contribution >= 0.6 is 11.6 Å². The largest absolute Gasteiger partial charge is 0.365 e. The van der Waals surface area contributed by atoms with Gasteiger partial charge in [-0.3, -0.25) is 0 Å². The fourth-order valence-electron chi connectivity index (χ4n) is 2.29. The smallest absolute Gasteiger partial charge is 0.137 e.